The average molecular weight is 492 g/mol. The van der Waals surface area contributed by atoms with Crippen LogP contribution in [0.5, 0.6) is 0 Å². The predicted molar refractivity (Wildman–Crippen MR) is 129 cm³/mol. The maximum absolute atomic E-state index is 12.8. The zero-order chi connectivity index (χ0) is 22.5. The van der Waals surface area contributed by atoms with E-state index in [0.29, 0.717) is 22.6 Å². The molecular weight excluding hydrogens is 470 g/mol. The van der Waals surface area contributed by atoms with Crippen molar-refractivity contribution in [2.45, 2.75) is 6.42 Å². The molecule has 7 nitrogen and oxygen atoms in total. The minimum absolute atomic E-state index is 0.294. The Labute approximate surface area is 194 Å². The Morgan fingerprint density at radius 3 is 2.47 bits per heavy atom. The van der Waals surface area contributed by atoms with E-state index in [9.17, 15) is 9.59 Å². The number of para-hydroxylation sites is 1. The van der Waals surface area contributed by atoms with Gasteiger partial charge in [0.05, 0.1) is 11.3 Å². The Bertz CT molecular complexity index is 1160. The highest BCUT2D eigenvalue weighted by atomic mass is 79.9. The van der Waals surface area contributed by atoms with E-state index in [-0.39, 0.29) is 11.8 Å². The van der Waals surface area contributed by atoms with Crippen LogP contribution in [0, 0.1) is 0 Å². The van der Waals surface area contributed by atoms with Gasteiger partial charge in [0.15, 0.2) is 0 Å². The number of amides is 2. The summed E-state index contributed by atoms with van der Waals surface area (Å²) >= 11 is 3.32. The van der Waals surface area contributed by atoms with Gasteiger partial charge in [0.2, 0.25) is 0 Å². The molecule has 2 amide bonds. The second-order valence-electron chi connectivity index (χ2n) is 7.37. The summed E-state index contributed by atoms with van der Waals surface area (Å²) in [6.07, 6.45) is 2.65. The van der Waals surface area contributed by atoms with Crippen molar-refractivity contribution in [1.29, 1.82) is 0 Å². The molecule has 1 aliphatic heterocycles. The number of rotatable bonds is 5. The highest BCUT2D eigenvalue weighted by molar-refractivity contribution is 9.10. The molecule has 2 heterocycles. The van der Waals surface area contributed by atoms with Gasteiger partial charge in [0.1, 0.15) is 11.7 Å². The number of aromatic nitrogens is 1. The zero-order valence-electron chi connectivity index (χ0n) is 17.5. The first-order valence-electron chi connectivity index (χ1n) is 10.2. The third-order valence-corrected chi connectivity index (χ3v) is 5.54. The first-order chi connectivity index (χ1) is 15.5. The van der Waals surface area contributed by atoms with Crippen molar-refractivity contribution >= 4 is 45.1 Å². The third-order valence-electron chi connectivity index (χ3n) is 5.07. The molecule has 1 aliphatic rings. The minimum Gasteiger partial charge on any atom is -0.359 e. The Hall–Kier alpha value is -3.52. The van der Waals surface area contributed by atoms with E-state index in [4.69, 9.17) is 0 Å². The van der Waals surface area contributed by atoms with Crippen molar-refractivity contribution in [1.82, 2.24) is 9.88 Å². The molecule has 0 saturated carbocycles. The summed E-state index contributed by atoms with van der Waals surface area (Å²) in [5, 5.41) is 5.59. The highest BCUT2D eigenvalue weighted by Crippen LogP contribution is 2.19. The molecule has 2 aromatic carbocycles. The van der Waals surface area contributed by atoms with E-state index in [2.05, 4.69) is 41.4 Å². The number of hydrogen-bond donors (Lipinski definition) is 2. The zero-order valence-corrected chi connectivity index (χ0v) is 19.1. The van der Waals surface area contributed by atoms with Crippen molar-refractivity contribution in [2.75, 3.05) is 30.8 Å². The van der Waals surface area contributed by atoms with E-state index < -0.39 is 0 Å². The fourth-order valence-corrected chi connectivity index (χ4v) is 3.65. The summed E-state index contributed by atoms with van der Waals surface area (Å²) in [6, 6.07) is 17.7. The van der Waals surface area contributed by atoms with Gasteiger partial charge in [-0.2, -0.15) is 0 Å². The van der Waals surface area contributed by atoms with Crippen LogP contribution < -0.4 is 10.6 Å². The lowest BCUT2D eigenvalue weighted by atomic mass is 10.1. The van der Waals surface area contributed by atoms with Gasteiger partial charge in [0, 0.05) is 41.9 Å². The summed E-state index contributed by atoms with van der Waals surface area (Å²) in [5.74, 6) is 0.708. The number of carbonyl (C=O) groups is 2. The van der Waals surface area contributed by atoms with Gasteiger partial charge in [-0.1, -0.05) is 24.3 Å². The van der Waals surface area contributed by atoms with Crippen LogP contribution >= 0.6 is 15.9 Å². The first kappa shape index (κ1) is 21.7. The number of nitrogens with zero attached hydrogens (tertiary/aromatic N) is 3. The average Bonchev–Trinajstić information content (AvgIpc) is 2.81. The summed E-state index contributed by atoms with van der Waals surface area (Å²) in [4.78, 5) is 36.4. The van der Waals surface area contributed by atoms with Crippen LogP contribution in [0.25, 0.3) is 0 Å². The molecule has 1 aromatic heterocycles. The van der Waals surface area contributed by atoms with Crippen LogP contribution in [0.3, 0.4) is 0 Å². The molecular formula is C24H22BrN5O2. The lowest BCUT2D eigenvalue weighted by molar-refractivity contribution is 0.102. The molecule has 162 valence electrons. The Balaban J connectivity index is 1.48. The smallest absolute Gasteiger partial charge is 0.258 e. The fraction of sp³-hybridized carbons (Fsp3) is 0.167. The molecule has 3 aromatic rings. The van der Waals surface area contributed by atoms with Gasteiger partial charge < -0.3 is 15.5 Å². The van der Waals surface area contributed by atoms with Crippen molar-refractivity contribution in [3.05, 3.63) is 88.0 Å². The van der Waals surface area contributed by atoms with E-state index >= 15 is 0 Å². The molecule has 0 saturated heterocycles. The monoisotopic (exact) mass is 491 g/mol. The molecule has 0 atom stereocenters. The lowest BCUT2D eigenvalue weighted by Gasteiger charge is -2.25. The van der Waals surface area contributed by atoms with Gasteiger partial charge in [-0.15, -0.1) is 0 Å². The van der Waals surface area contributed by atoms with E-state index in [1.807, 2.05) is 19.2 Å². The van der Waals surface area contributed by atoms with Crippen molar-refractivity contribution in [2.24, 2.45) is 4.99 Å². The predicted octanol–water partition coefficient (Wildman–Crippen LogP) is 4.43. The Morgan fingerprint density at radius 2 is 1.75 bits per heavy atom. The van der Waals surface area contributed by atoms with Gasteiger partial charge in [-0.05, 0) is 58.7 Å². The maximum Gasteiger partial charge on any atom is 0.258 e. The molecule has 8 heteroatoms. The van der Waals surface area contributed by atoms with Crippen LogP contribution in [0.1, 0.15) is 32.7 Å². The molecule has 0 radical (unpaired) electrons. The number of nitrogens with one attached hydrogen (secondary N) is 2. The molecule has 0 fully saturated rings. The van der Waals surface area contributed by atoms with Gasteiger partial charge in [0.25, 0.3) is 11.8 Å². The van der Waals surface area contributed by atoms with Gasteiger partial charge in [-0.25, -0.2) is 4.98 Å². The standard InChI is InChI=1S/C24H22BrN5O2/c1-30-14-4-13-26-22(30)16-7-9-17(10-8-16)23(31)28-20-6-3-2-5-19(20)24(32)29-21-12-11-18(25)15-27-21/h2-3,5-12,15H,4,13-14H2,1H3,(H,28,31)(H,27,29,32). The van der Waals surface area contributed by atoms with Crippen LogP contribution in [-0.4, -0.2) is 47.7 Å². The summed E-state index contributed by atoms with van der Waals surface area (Å²) in [6.45, 7) is 1.78. The Kier molecular flexibility index (Phi) is 6.61. The number of hydrogen-bond acceptors (Lipinski definition) is 5. The molecule has 0 spiro atoms. The van der Waals surface area contributed by atoms with Crippen LogP contribution in [0.4, 0.5) is 11.5 Å². The molecule has 4 rings (SSSR count). The molecule has 0 aliphatic carbocycles. The van der Waals surface area contributed by atoms with Crippen molar-refractivity contribution in [3.63, 3.8) is 0 Å². The molecule has 0 unspecified atom stereocenters. The minimum atomic E-state index is -0.357. The maximum atomic E-state index is 12.8. The number of pyridine rings is 1. The third kappa shape index (κ3) is 5.03. The van der Waals surface area contributed by atoms with Gasteiger partial charge in [-0.3, -0.25) is 14.6 Å². The summed E-state index contributed by atoms with van der Waals surface area (Å²) in [5.41, 5.74) is 2.25. The van der Waals surface area contributed by atoms with Crippen LogP contribution in [0.2, 0.25) is 0 Å². The van der Waals surface area contributed by atoms with E-state index in [1.165, 1.54) is 0 Å². The number of halogens is 1. The fourth-order valence-electron chi connectivity index (χ4n) is 3.42. The normalized spacial score (nSPS) is 13.3. The number of anilines is 2. The molecule has 0 bridgehead atoms. The topological polar surface area (TPSA) is 86.7 Å². The van der Waals surface area contributed by atoms with E-state index in [1.54, 1.807) is 54.7 Å². The second-order valence-corrected chi connectivity index (χ2v) is 8.29. The molecule has 2 N–H and O–H groups in total. The van der Waals surface area contributed by atoms with E-state index in [0.717, 1.165) is 35.4 Å². The number of benzene rings is 2. The Morgan fingerprint density at radius 1 is 0.969 bits per heavy atom. The lowest BCUT2D eigenvalue weighted by Crippen LogP contribution is -2.32. The van der Waals surface area contributed by atoms with Crippen molar-refractivity contribution in [3.8, 4) is 0 Å². The van der Waals surface area contributed by atoms with Crippen LogP contribution in [0.15, 0.2) is 76.3 Å². The summed E-state index contributed by atoms with van der Waals surface area (Å²) < 4.78 is 0.816. The second kappa shape index (κ2) is 9.74. The van der Waals surface area contributed by atoms with Gasteiger partial charge >= 0.3 is 0 Å². The number of amidine groups is 1. The van der Waals surface area contributed by atoms with Crippen molar-refractivity contribution < 1.29 is 9.59 Å². The highest BCUT2D eigenvalue weighted by Gasteiger charge is 2.16. The molecule has 32 heavy (non-hydrogen) atoms. The quantitative estimate of drug-likeness (QED) is 0.552. The number of aliphatic imine (C=N–C) groups is 1. The largest absolute Gasteiger partial charge is 0.359 e. The summed E-state index contributed by atoms with van der Waals surface area (Å²) in [7, 11) is 2.02. The number of carbonyl (C=O) groups excluding carboxylic acids is 2. The SMILES string of the molecule is CN1CCCN=C1c1ccc(C(=O)Nc2ccccc2C(=O)Nc2ccc(Br)cn2)cc1. The van der Waals surface area contributed by atoms with Crippen LogP contribution in [-0.2, 0) is 0 Å². The first-order valence-corrected chi connectivity index (χ1v) is 11.0.